The number of methoxy groups -OCH3 is 1. The number of benzene rings is 1. The van der Waals surface area contributed by atoms with Crippen LogP contribution in [-0.2, 0) is 6.54 Å². The minimum absolute atomic E-state index is 0.211. The highest BCUT2D eigenvalue weighted by atomic mass is 16.5. The monoisotopic (exact) mass is 271 g/mol. The van der Waals surface area contributed by atoms with Crippen molar-refractivity contribution in [2.75, 3.05) is 7.11 Å². The van der Waals surface area contributed by atoms with Gasteiger partial charge in [0.05, 0.1) is 13.7 Å². The second kappa shape index (κ2) is 6.42. The summed E-state index contributed by atoms with van der Waals surface area (Å²) in [4.78, 5) is 11.8. The molecule has 0 spiro atoms. The van der Waals surface area contributed by atoms with Gasteiger partial charge in [0.2, 0.25) is 0 Å². The molecule has 2 aromatic rings. The molecule has 1 aromatic heterocycles. The lowest BCUT2D eigenvalue weighted by molar-refractivity contribution is 0.0981. The summed E-state index contributed by atoms with van der Waals surface area (Å²) in [6.45, 7) is 4.80. The average Bonchev–Trinajstić information content (AvgIpc) is 2.88. The van der Waals surface area contributed by atoms with Gasteiger partial charge in [-0.05, 0) is 25.5 Å². The molecule has 3 heteroatoms. The summed E-state index contributed by atoms with van der Waals surface area (Å²) in [6.07, 6.45) is 5.36. The van der Waals surface area contributed by atoms with E-state index in [1.807, 2.05) is 42.1 Å². The Hall–Kier alpha value is -2.03. The molecule has 20 heavy (non-hydrogen) atoms. The van der Waals surface area contributed by atoms with Gasteiger partial charge in [-0.2, -0.15) is 0 Å². The van der Waals surface area contributed by atoms with Crippen molar-refractivity contribution in [3.63, 3.8) is 0 Å². The van der Waals surface area contributed by atoms with Gasteiger partial charge in [-0.25, -0.2) is 0 Å². The second-order valence-electron chi connectivity index (χ2n) is 5.06. The summed E-state index contributed by atoms with van der Waals surface area (Å²) in [5, 5.41) is 0. The molecule has 0 bridgehead atoms. The van der Waals surface area contributed by atoms with Crippen LogP contribution in [0.15, 0.2) is 36.7 Å². The van der Waals surface area contributed by atoms with Gasteiger partial charge in [0.1, 0.15) is 5.75 Å². The van der Waals surface area contributed by atoms with Gasteiger partial charge in [0, 0.05) is 29.9 Å². The number of hydrogen-bond acceptors (Lipinski definition) is 2. The first-order valence-electron chi connectivity index (χ1n) is 6.96. The topological polar surface area (TPSA) is 31.2 Å². The molecule has 2 rings (SSSR count). The first kappa shape index (κ1) is 14.4. The van der Waals surface area contributed by atoms with Crippen molar-refractivity contribution in [3.05, 3.63) is 53.3 Å². The number of Topliss-reactive ketones (excluding diaryl/α,β-unsaturated/α-hetero) is 1. The number of ether oxygens (including phenoxy) is 1. The molecule has 0 radical (unpaired) electrons. The van der Waals surface area contributed by atoms with Crippen molar-refractivity contribution in [3.8, 4) is 5.75 Å². The van der Waals surface area contributed by atoms with E-state index in [1.165, 1.54) is 5.56 Å². The van der Waals surface area contributed by atoms with E-state index in [2.05, 4.69) is 13.0 Å². The van der Waals surface area contributed by atoms with Crippen molar-refractivity contribution in [1.82, 2.24) is 4.57 Å². The van der Waals surface area contributed by atoms with E-state index >= 15 is 0 Å². The van der Waals surface area contributed by atoms with Crippen molar-refractivity contribution in [1.29, 1.82) is 0 Å². The average molecular weight is 271 g/mol. The molecule has 3 nitrogen and oxygen atoms in total. The summed E-state index contributed by atoms with van der Waals surface area (Å²) in [5.41, 5.74) is 3.12. The number of aryl methyl sites for hydroxylation is 1. The minimum atomic E-state index is 0.211. The van der Waals surface area contributed by atoms with E-state index in [0.717, 1.165) is 23.3 Å². The Morgan fingerprint density at radius 3 is 2.80 bits per heavy atom. The van der Waals surface area contributed by atoms with Gasteiger partial charge in [-0.15, -0.1) is 0 Å². The first-order valence-corrected chi connectivity index (χ1v) is 6.96. The number of rotatable bonds is 6. The lowest BCUT2D eigenvalue weighted by Gasteiger charge is -2.10. The van der Waals surface area contributed by atoms with Gasteiger partial charge < -0.3 is 9.30 Å². The molecular weight excluding hydrogens is 250 g/mol. The maximum Gasteiger partial charge on any atom is 0.164 e. The summed E-state index contributed by atoms with van der Waals surface area (Å²) >= 11 is 0. The van der Waals surface area contributed by atoms with Crippen LogP contribution in [0.3, 0.4) is 0 Å². The molecule has 0 N–H and O–H groups in total. The van der Waals surface area contributed by atoms with E-state index in [1.54, 1.807) is 7.11 Å². The smallest absolute Gasteiger partial charge is 0.164 e. The minimum Gasteiger partial charge on any atom is -0.496 e. The number of nitrogens with zero attached hydrogens (tertiary/aromatic N) is 1. The van der Waals surface area contributed by atoms with Gasteiger partial charge in [-0.3, -0.25) is 4.79 Å². The van der Waals surface area contributed by atoms with Crippen LogP contribution in [0.1, 0.15) is 41.3 Å². The van der Waals surface area contributed by atoms with Gasteiger partial charge in [0.15, 0.2) is 5.78 Å². The summed E-state index contributed by atoms with van der Waals surface area (Å²) in [5.74, 6) is 1.09. The predicted octanol–water partition coefficient (Wildman–Crippen LogP) is 3.84. The van der Waals surface area contributed by atoms with Crippen LogP contribution in [0.25, 0.3) is 0 Å². The zero-order valence-corrected chi connectivity index (χ0v) is 12.3. The molecule has 0 amide bonds. The van der Waals surface area contributed by atoms with Crippen LogP contribution in [0.4, 0.5) is 0 Å². The molecule has 0 saturated heterocycles. The fraction of sp³-hybridized carbons (Fsp3) is 0.353. The zero-order valence-electron chi connectivity index (χ0n) is 12.3. The predicted molar refractivity (Wildman–Crippen MR) is 80.5 cm³/mol. The van der Waals surface area contributed by atoms with E-state index in [9.17, 15) is 4.79 Å². The highest BCUT2D eigenvalue weighted by Gasteiger charge is 2.08. The first-order chi connectivity index (χ1) is 9.63. The lowest BCUT2D eigenvalue weighted by atomic mass is 10.1. The Labute approximate surface area is 120 Å². The van der Waals surface area contributed by atoms with Crippen molar-refractivity contribution < 1.29 is 9.53 Å². The Balaban J connectivity index is 2.18. The Kier molecular flexibility index (Phi) is 4.61. The van der Waals surface area contributed by atoms with Crippen LogP contribution in [0, 0.1) is 6.92 Å². The maximum absolute atomic E-state index is 11.8. The molecule has 1 aromatic carbocycles. The van der Waals surface area contributed by atoms with Crippen LogP contribution < -0.4 is 4.74 Å². The zero-order chi connectivity index (χ0) is 14.5. The Bertz CT molecular complexity index is 599. The highest BCUT2D eigenvalue weighted by Crippen LogP contribution is 2.21. The van der Waals surface area contributed by atoms with Gasteiger partial charge in [-0.1, -0.05) is 24.6 Å². The second-order valence-corrected chi connectivity index (χ2v) is 5.06. The molecule has 0 saturated carbocycles. The molecule has 0 aliphatic carbocycles. The summed E-state index contributed by atoms with van der Waals surface area (Å²) in [6, 6.07) is 8.03. The number of hydrogen-bond donors (Lipinski definition) is 0. The van der Waals surface area contributed by atoms with E-state index < -0.39 is 0 Å². The van der Waals surface area contributed by atoms with Crippen molar-refractivity contribution in [2.45, 2.75) is 33.2 Å². The van der Waals surface area contributed by atoms with Gasteiger partial charge >= 0.3 is 0 Å². The standard InChI is InChI=1S/C17H21NO2/c1-4-5-16(19)14-8-9-18(11-14)12-15-10-13(2)6-7-17(15)20-3/h6-11H,4-5,12H2,1-3H3. The molecular formula is C17H21NO2. The Morgan fingerprint density at radius 1 is 1.30 bits per heavy atom. The van der Waals surface area contributed by atoms with Crippen LogP contribution in [-0.4, -0.2) is 17.5 Å². The molecule has 1 heterocycles. The quantitative estimate of drug-likeness (QED) is 0.747. The summed E-state index contributed by atoms with van der Waals surface area (Å²) in [7, 11) is 1.68. The number of ketones is 1. The molecule has 0 aliphatic heterocycles. The van der Waals surface area contributed by atoms with Crippen LogP contribution >= 0.6 is 0 Å². The molecule has 0 unspecified atom stereocenters. The third kappa shape index (κ3) is 3.29. The molecule has 0 aliphatic rings. The molecule has 106 valence electrons. The number of aromatic nitrogens is 1. The molecule has 0 fully saturated rings. The van der Waals surface area contributed by atoms with E-state index in [-0.39, 0.29) is 5.78 Å². The SMILES string of the molecule is CCCC(=O)c1ccn(Cc2cc(C)ccc2OC)c1. The number of carbonyl (C=O) groups is 1. The maximum atomic E-state index is 11.8. The fourth-order valence-electron chi connectivity index (χ4n) is 2.30. The van der Waals surface area contributed by atoms with Gasteiger partial charge in [0.25, 0.3) is 0 Å². The summed E-state index contributed by atoms with van der Waals surface area (Å²) < 4.78 is 7.41. The van der Waals surface area contributed by atoms with E-state index in [0.29, 0.717) is 13.0 Å². The van der Waals surface area contributed by atoms with Crippen LogP contribution in [0.2, 0.25) is 0 Å². The molecule has 0 atom stereocenters. The number of carbonyl (C=O) groups excluding carboxylic acids is 1. The van der Waals surface area contributed by atoms with Crippen LogP contribution in [0.5, 0.6) is 5.75 Å². The van der Waals surface area contributed by atoms with E-state index in [4.69, 9.17) is 4.74 Å². The van der Waals surface area contributed by atoms with Crippen molar-refractivity contribution >= 4 is 5.78 Å². The normalized spacial score (nSPS) is 10.6. The highest BCUT2D eigenvalue weighted by molar-refractivity contribution is 5.95. The Morgan fingerprint density at radius 2 is 2.10 bits per heavy atom. The van der Waals surface area contributed by atoms with Crippen molar-refractivity contribution in [2.24, 2.45) is 0 Å². The largest absolute Gasteiger partial charge is 0.496 e. The third-order valence-corrected chi connectivity index (χ3v) is 3.34. The fourth-order valence-corrected chi connectivity index (χ4v) is 2.30. The third-order valence-electron chi connectivity index (χ3n) is 3.34. The lowest BCUT2D eigenvalue weighted by Crippen LogP contribution is -2.01.